The van der Waals surface area contributed by atoms with Gasteiger partial charge in [0.15, 0.2) is 0 Å². The van der Waals surface area contributed by atoms with Crippen LogP contribution in [0.25, 0.3) is 52.5 Å². The van der Waals surface area contributed by atoms with E-state index in [0.717, 1.165) is 0 Å². The number of benzene rings is 4. The molecule has 0 aliphatic carbocycles. The molecule has 0 fully saturated rings. The first kappa shape index (κ1) is 20.6. The first-order valence-electron chi connectivity index (χ1n) is 11.4. The van der Waals surface area contributed by atoms with Gasteiger partial charge in [0.1, 0.15) is 0 Å². The second-order valence-electron chi connectivity index (χ2n) is 11.2. The van der Waals surface area contributed by atoms with Crippen molar-refractivity contribution in [2.24, 2.45) is 0 Å². The molecule has 0 aliphatic rings. The lowest BCUT2D eigenvalue weighted by atomic mass is 9.96. The minimum Gasteiger partial charge on any atom is -0.145 e. The molecule has 32 heavy (non-hydrogen) atoms. The average Bonchev–Trinajstić information content (AvgIpc) is 3.33. The van der Waals surface area contributed by atoms with Gasteiger partial charge in [-0.2, -0.15) is 0 Å². The summed E-state index contributed by atoms with van der Waals surface area (Å²) < 4.78 is 6.04. The standard InChI is InChI=1S/C28H28S2Si2/c1-31(2,3)27-15-19-11-23-17(13-25(19)29-27)7-9-22-21(23)10-8-18-14-26-20(12-24(18)22)16-28(30-26)32(4,5)6/h7-16H,1-6H3. The maximum atomic E-state index is 2.46. The molecule has 2 heterocycles. The zero-order valence-corrected chi connectivity index (χ0v) is 23.2. The van der Waals surface area contributed by atoms with Crippen molar-refractivity contribution in [3.63, 3.8) is 0 Å². The molecule has 0 unspecified atom stereocenters. The van der Waals surface area contributed by atoms with Crippen LogP contribution in [0.2, 0.25) is 39.3 Å². The van der Waals surface area contributed by atoms with Crippen molar-refractivity contribution in [1.29, 1.82) is 0 Å². The van der Waals surface area contributed by atoms with Crippen molar-refractivity contribution in [2.75, 3.05) is 0 Å². The number of fused-ring (bicyclic) bond motifs is 7. The van der Waals surface area contributed by atoms with Gasteiger partial charge < -0.3 is 0 Å². The Bertz CT molecular complexity index is 1560. The normalized spacial score (nSPS) is 13.3. The largest absolute Gasteiger partial charge is 0.145 e. The van der Waals surface area contributed by atoms with Crippen LogP contribution in [0, 0.1) is 0 Å². The lowest BCUT2D eigenvalue weighted by Crippen LogP contribution is -2.34. The zero-order chi connectivity index (χ0) is 22.4. The van der Waals surface area contributed by atoms with Crippen LogP contribution in [0.1, 0.15) is 0 Å². The molecule has 0 N–H and O–H groups in total. The van der Waals surface area contributed by atoms with E-state index < -0.39 is 16.1 Å². The van der Waals surface area contributed by atoms with Gasteiger partial charge in [0.2, 0.25) is 0 Å². The first-order valence-corrected chi connectivity index (χ1v) is 20.0. The molecule has 4 heteroatoms. The highest BCUT2D eigenvalue weighted by atomic mass is 32.1. The van der Waals surface area contributed by atoms with E-state index in [-0.39, 0.29) is 0 Å². The Morgan fingerprint density at radius 2 is 0.844 bits per heavy atom. The van der Waals surface area contributed by atoms with Crippen molar-refractivity contribution in [3.05, 3.63) is 60.7 Å². The van der Waals surface area contributed by atoms with Gasteiger partial charge in [0.05, 0.1) is 16.1 Å². The third-order valence-corrected chi connectivity index (χ3v) is 15.9. The molecule has 0 nitrogen and oxygen atoms in total. The summed E-state index contributed by atoms with van der Waals surface area (Å²) in [5, 5.41) is 11.0. The predicted octanol–water partition coefficient (Wildman–Crippen LogP) is 8.67. The van der Waals surface area contributed by atoms with Crippen molar-refractivity contribution in [2.45, 2.75) is 39.3 Å². The van der Waals surface area contributed by atoms with Gasteiger partial charge in [-0.05, 0) is 88.5 Å². The van der Waals surface area contributed by atoms with Crippen molar-refractivity contribution >= 4 is 100 Å². The van der Waals surface area contributed by atoms with E-state index in [4.69, 9.17) is 0 Å². The lowest BCUT2D eigenvalue weighted by molar-refractivity contribution is 1.79. The summed E-state index contributed by atoms with van der Waals surface area (Å²) in [4.78, 5) is 0. The Morgan fingerprint density at radius 1 is 0.438 bits per heavy atom. The quantitative estimate of drug-likeness (QED) is 0.170. The van der Waals surface area contributed by atoms with Crippen molar-refractivity contribution in [3.8, 4) is 0 Å². The Morgan fingerprint density at radius 3 is 1.22 bits per heavy atom. The number of rotatable bonds is 2. The van der Waals surface area contributed by atoms with Crippen LogP contribution < -0.4 is 9.00 Å². The molecule has 6 rings (SSSR count). The molecular formula is C28H28S2Si2. The van der Waals surface area contributed by atoms with Gasteiger partial charge >= 0.3 is 0 Å². The van der Waals surface area contributed by atoms with Gasteiger partial charge in [0.25, 0.3) is 0 Å². The van der Waals surface area contributed by atoms with Crippen LogP contribution >= 0.6 is 22.7 Å². The Hall–Kier alpha value is -1.99. The fraction of sp³-hybridized carbons (Fsp3) is 0.214. The summed E-state index contributed by atoms with van der Waals surface area (Å²) >= 11 is 4.00. The van der Waals surface area contributed by atoms with Gasteiger partial charge in [-0.25, -0.2) is 0 Å². The molecule has 6 aromatic rings. The van der Waals surface area contributed by atoms with Crippen molar-refractivity contribution < 1.29 is 0 Å². The van der Waals surface area contributed by atoms with E-state index in [0.29, 0.717) is 0 Å². The summed E-state index contributed by atoms with van der Waals surface area (Å²) in [7, 11) is -2.59. The highest BCUT2D eigenvalue weighted by Crippen LogP contribution is 2.37. The SMILES string of the molecule is C[Si](C)(C)c1cc2cc3c(ccc4c5cc6cc([Si](C)(C)C)sc6cc5ccc34)cc2s1. The van der Waals surface area contributed by atoms with Crippen LogP contribution in [0.5, 0.6) is 0 Å². The van der Waals surface area contributed by atoms with Crippen LogP contribution in [0.3, 0.4) is 0 Å². The Labute approximate surface area is 199 Å². The molecule has 0 saturated heterocycles. The van der Waals surface area contributed by atoms with E-state index in [9.17, 15) is 0 Å². The molecule has 0 radical (unpaired) electrons. The van der Waals surface area contributed by atoms with Gasteiger partial charge in [-0.3, -0.25) is 0 Å². The molecule has 0 amide bonds. The number of hydrogen-bond donors (Lipinski definition) is 0. The van der Waals surface area contributed by atoms with Gasteiger partial charge in [-0.15, -0.1) is 22.7 Å². The fourth-order valence-electron chi connectivity index (χ4n) is 4.68. The molecular weight excluding hydrogens is 457 g/mol. The summed E-state index contributed by atoms with van der Waals surface area (Å²) in [6, 6.07) is 23.9. The van der Waals surface area contributed by atoms with E-state index in [2.05, 4.69) is 99.9 Å². The average molecular weight is 485 g/mol. The molecule has 160 valence electrons. The smallest absolute Gasteiger partial charge is 0.0904 e. The van der Waals surface area contributed by atoms with E-state index >= 15 is 0 Å². The Balaban J connectivity index is 1.64. The summed E-state index contributed by atoms with van der Waals surface area (Å²) in [5.41, 5.74) is 0. The van der Waals surface area contributed by atoms with Crippen molar-refractivity contribution in [1.82, 2.24) is 0 Å². The minimum atomic E-state index is -1.30. The summed E-state index contributed by atoms with van der Waals surface area (Å²) in [6.07, 6.45) is 0. The molecule has 2 aromatic heterocycles. The lowest BCUT2D eigenvalue weighted by Gasteiger charge is -2.11. The summed E-state index contributed by atoms with van der Waals surface area (Å²) in [5.74, 6) is 0. The third kappa shape index (κ3) is 3.19. The summed E-state index contributed by atoms with van der Waals surface area (Å²) in [6.45, 7) is 14.7. The Kier molecular flexibility index (Phi) is 4.36. The van der Waals surface area contributed by atoms with E-state index in [1.807, 2.05) is 22.7 Å². The van der Waals surface area contributed by atoms with Crippen LogP contribution in [0.4, 0.5) is 0 Å². The maximum absolute atomic E-state index is 2.46. The highest BCUT2D eigenvalue weighted by Gasteiger charge is 2.21. The van der Waals surface area contributed by atoms with E-state index in [1.165, 1.54) is 52.5 Å². The third-order valence-electron chi connectivity index (χ3n) is 6.58. The van der Waals surface area contributed by atoms with Crippen LogP contribution in [0.15, 0.2) is 60.7 Å². The molecule has 0 saturated carbocycles. The zero-order valence-electron chi connectivity index (χ0n) is 19.6. The molecule has 4 aromatic carbocycles. The monoisotopic (exact) mass is 484 g/mol. The molecule has 0 aliphatic heterocycles. The first-order chi connectivity index (χ1) is 15.1. The maximum Gasteiger partial charge on any atom is 0.0904 e. The minimum absolute atomic E-state index is 1.30. The number of hydrogen-bond acceptors (Lipinski definition) is 2. The molecule has 0 atom stereocenters. The second-order valence-corrected chi connectivity index (χ2v) is 24.1. The molecule has 0 bridgehead atoms. The van der Waals surface area contributed by atoms with Gasteiger partial charge in [-0.1, -0.05) is 63.5 Å². The second kappa shape index (κ2) is 6.77. The topological polar surface area (TPSA) is 0 Å². The fourth-order valence-corrected chi connectivity index (χ4v) is 10.7. The molecule has 0 spiro atoms. The number of thiophene rings is 2. The van der Waals surface area contributed by atoms with Gasteiger partial charge in [0, 0.05) is 9.40 Å². The highest BCUT2D eigenvalue weighted by molar-refractivity contribution is 7.32. The van der Waals surface area contributed by atoms with E-state index in [1.54, 1.807) is 9.00 Å². The van der Waals surface area contributed by atoms with Crippen LogP contribution in [-0.4, -0.2) is 16.1 Å². The predicted molar refractivity (Wildman–Crippen MR) is 156 cm³/mol. The van der Waals surface area contributed by atoms with Crippen LogP contribution in [-0.2, 0) is 0 Å².